The van der Waals surface area contributed by atoms with Gasteiger partial charge in [0.25, 0.3) is 0 Å². The lowest BCUT2D eigenvalue weighted by molar-refractivity contribution is 0.972. The van der Waals surface area contributed by atoms with E-state index in [-0.39, 0.29) is 0 Å². The maximum Gasteiger partial charge on any atom is 0.216 e. The van der Waals surface area contributed by atoms with Gasteiger partial charge in [0.1, 0.15) is 0 Å². The van der Waals surface area contributed by atoms with Crippen LogP contribution in [-0.2, 0) is 5.75 Å². The molecule has 5 nitrogen and oxygen atoms in total. The van der Waals surface area contributed by atoms with Crippen molar-refractivity contribution < 1.29 is 0 Å². The summed E-state index contributed by atoms with van der Waals surface area (Å²) in [4.78, 5) is 8.32. The lowest BCUT2D eigenvalue weighted by Crippen LogP contribution is -1.85. The van der Waals surface area contributed by atoms with Crippen LogP contribution in [0.4, 0.5) is 5.95 Å². The van der Waals surface area contributed by atoms with Gasteiger partial charge < -0.3 is 5.73 Å². The molecule has 7 heteroatoms. The number of H-pyrrole nitrogens is 1. The first kappa shape index (κ1) is 9.47. The molecule has 14 heavy (non-hydrogen) atoms. The Balaban J connectivity index is 1.94. The van der Waals surface area contributed by atoms with E-state index in [0.717, 1.165) is 16.5 Å². The Bertz CT molecular complexity index is 381. The quantitative estimate of drug-likeness (QED) is 0.776. The van der Waals surface area contributed by atoms with Crippen molar-refractivity contribution in [2.45, 2.75) is 17.8 Å². The van der Waals surface area contributed by atoms with Gasteiger partial charge in [-0.15, -0.1) is 16.4 Å². The number of hydrogen-bond acceptors (Lipinski definition) is 6. The smallest absolute Gasteiger partial charge is 0.216 e. The topological polar surface area (TPSA) is 80.5 Å². The van der Waals surface area contributed by atoms with E-state index in [2.05, 4.69) is 20.2 Å². The van der Waals surface area contributed by atoms with Gasteiger partial charge in [-0.25, -0.2) is 10.1 Å². The van der Waals surface area contributed by atoms with Crippen molar-refractivity contribution >= 4 is 29.0 Å². The summed E-state index contributed by atoms with van der Waals surface area (Å²) in [6.07, 6.45) is 0. The summed E-state index contributed by atoms with van der Waals surface area (Å²) in [5, 5.41) is 10.3. The molecule has 0 saturated heterocycles. The number of anilines is 1. The highest BCUT2D eigenvalue weighted by molar-refractivity contribution is 7.98. The maximum absolute atomic E-state index is 5.40. The van der Waals surface area contributed by atoms with Gasteiger partial charge in [-0.2, -0.15) is 4.98 Å². The fourth-order valence-electron chi connectivity index (χ4n) is 0.936. The molecular formula is C7H9N5S2. The minimum Gasteiger partial charge on any atom is -0.368 e. The third-order valence-corrected chi connectivity index (χ3v) is 3.20. The van der Waals surface area contributed by atoms with Crippen LogP contribution in [0.2, 0.25) is 0 Å². The monoisotopic (exact) mass is 227 g/mol. The van der Waals surface area contributed by atoms with Crippen molar-refractivity contribution in [3.8, 4) is 0 Å². The molecule has 2 heterocycles. The molecule has 2 rings (SSSR count). The Morgan fingerprint density at radius 1 is 1.57 bits per heavy atom. The maximum atomic E-state index is 5.40. The van der Waals surface area contributed by atoms with E-state index in [1.54, 1.807) is 11.3 Å². The number of thiazole rings is 1. The zero-order valence-corrected chi connectivity index (χ0v) is 9.15. The second-order valence-corrected chi connectivity index (χ2v) is 4.65. The molecule has 2 aromatic rings. The Labute approximate surface area is 89.2 Å². The van der Waals surface area contributed by atoms with Crippen molar-refractivity contribution in [1.82, 2.24) is 20.2 Å². The lowest BCUT2D eigenvalue weighted by atomic mass is 10.6. The van der Waals surface area contributed by atoms with Crippen molar-refractivity contribution in [2.24, 2.45) is 0 Å². The zero-order valence-electron chi connectivity index (χ0n) is 7.52. The third-order valence-electron chi connectivity index (χ3n) is 1.50. The number of nitrogens with two attached hydrogens (primary N) is 1. The molecular weight excluding hydrogens is 218 g/mol. The van der Waals surface area contributed by atoms with Gasteiger partial charge in [-0.1, -0.05) is 11.8 Å². The van der Waals surface area contributed by atoms with Crippen LogP contribution in [0.3, 0.4) is 0 Å². The van der Waals surface area contributed by atoms with Gasteiger partial charge >= 0.3 is 0 Å². The molecule has 0 aliphatic heterocycles. The number of aromatic nitrogens is 4. The summed E-state index contributed by atoms with van der Waals surface area (Å²) in [7, 11) is 0. The minimum atomic E-state index is 0.349. The van der Waals surface area contributed by atoms with Crippen LogP contribution in [0, 0.1) is 6.92 Å². The van der Waals surface area contributed by atoms with Crippen molar-refractivity contribution in [1.29, 1.82) is 0 Å². The molecule has 0 unspecified atom stereocenters. The normalized spacial score (nSPS) is 10.6. The Morgan fingerprint density at radius 3 is 3.00 bits per heavy atom. The fraction of sp³-hybridized carbons (Fsp3) is 0.286. The molecule has 3 N–H and O–H groups in total. The van der Waals surface area contributed by atoms with Crippen LogP contribution in [0.1, 0.15) is 10.7 Å². The van der Waals surface area contributed by atoms with Crippen LogP contribution in [0.15, 0.2) is 10.5 Å². The number of hydrogen-bond donors (Lipinski definition) is 2. The van der Waals surface area contributed by atoms with E-state index in [1.807, 2.05) is 12.3 Å². The average Bonchev–Trinajstić information content (AvgIpc) is 2.72. The second kappa shape index (κ2) is 3.97. The van der Waals surface area contributed by atoms with Gasteiger partial charge in [-0.3, -0.25) is 0 Å². The van der Waals surface area contributed by atoms with Gasteiger partial charge in [0.05, 0.1) is 10.7 Å². The van der Waals surface area contributed by atoms with Crippen LogP contribution < -0.4 is 5.73 Å². The third kappa shape index (κ3) is 2.24. The largest absolute Gasteiger partial charge is 0.368 e. The number of rotatable bonds is 3. The van der Waals surface area contributed by atoms with E-state index in [4.69, 9.17) is 5.73 Å². The van der Waals surface area contributed by atoms with Gasteiger partial charge in [0, 0.05) is 11.1 Å². The molecule has 0 radical (unpaired) electrons. The number of aromatic amines is 1. The molecule has 0 saturated carbocycles. The van der Waals surface area contributed by atoms with Crippen molar-refractivity contribution in [3.63, 3.8) is 0 Å². The van der Waals surface area contributed by atoms with E-state index >= 15 is 0 Å². The Kier molecular flexibility index (Phi) is 2.69. The van der Waals surface area contributed by atoms with E-state index in [0.29, 0.717) is 11.1 Å². The predicted octanol–water partition coefficient (Wildman–Crippen LogP) is 1.44. The summed E-state index contributed by atoms with van der Waals surface area (Å²) in [6, 6.07) is 0. The van der Waals surface area contributed by atoms with Crippen molar-refractivity contribution in [3.05, 3.63) is 16.1 Å². The number of aryl methyl sites for hydroxylation is 1. The van der Waals surface area contributed by atoms with Gasteiger partial charge in [-0.05, 0) is 6.92 Å². The highest BCUT2D eigenvalue weighted by Gasteiger charge is 2.03. The second-order valence-electron chi connectivity index (χ2n) is 2.65. The standard InChI is InChI=1S/C7H9N5S2/c1-4-9-5(2-13-4)3-14-7-10-6(8)11-12-7/h2H,3H2,1H3,(H3,8,10,11,12). The number of nitrogens with one attached hydrogen (secondary N) is 1. The molecule has 0 aliphatic rings. The highest BCUT2D eigenvalue weighted by atomic mass is 32.2. The fourth-order valence-corrected chi connectivity index (χ4v) is 2.35. The molecule has 0 aromatic carbocycles. The summed E-state index contributed by atoms with van der Waals surface area (Å²) < 4.78 is 0. The summed E-state index contributed by atoms with van der Waals surface area (Å²) in [5.74, 6) is 1.13. The first-order valence-corrected chi connectivity index (χ1v) is 5.82. The number of nitrogen functional groups attached to an aromatic ring is 1. The number of thioether (sulfide) groups is 1. The first-order valence-electron chi connectivity index (χ1n) is 3.96. The highest BCUT2D eigenvalue weighted by Crippen LogP contribution is 2.20. The molecule has 0 atom stereocenters. The van der Waals surface area contributed by atoms with E-state index in [9.17, 15) is 0 Å². The molecule has 0 aliphatic carbocycles. The lowest BCUT2D eigenvalue weighted by Gasteiger charge is -1.90. The summed E-state index contributed by atoms with van der Waals surface area (Å²) in [5.41, 5.74) is 6.45. The SMILES string of the molecule is Cc1nc(CSc2n[nH]c(N)n2)cs1. The zero-order chi connectivity index (χ0) is 9.97. The van der Waals surface area contributed by atoms with Gasteiger partial charge in [0.2, 0.25) is 11.1 Å². The van der Waals surface area contributed by atoms with E-state index < -0.39 is 0 Å². The molecule has 74 valence electrons. The minimum absolute atomic E-state index is 0.349. The number of nitrogens with zero attached hydrogens (tertiary/aromatic N) is 3. The Hall–Kier alpha value is -1.08. The van der Waals surface area contributed by atoms with Crippen LogP contribution in [0.25, 0.3) is 0 Å². The van der Waals surface area contributed by atoms with Crippen LogP contribution >= 0.6 is 23.1 Å². The Morgan fingerprint density at radius 2 is 2.43 bits per heavy atom. The molecule has 0 bridgehead atoms. The first-order chi connectivity index (χ1) is 6.74. The predicted molar refractivity (Wildman–Crippen MR) is 57.2 cm³/mol. The summed E-state index contributed by atoms with van der Waals surface area (Å²) in [6.45, 7) is 1.99. The van der Waals surface area contributed by atoms with Crippen LogP contribution in [0.5, 0.6) is 0 Å². The molecule has 0 amide bonds. The van der Waals surface area contributed by atoms with E-state index in [1.165, 1.54) is 11.8 Å². The van der Waals surface area contributed by atoms with Crippen molar-refractivity contribution in [2.75, 3.05) is 5.73 Å². The molecule has 0 fully saturated rings. The van der Waals surface area contributed by atoms with Gasteiger partial charge in [0.15, 0.2) is 0 Å². The molecule has 0 spiro atoms. The summed E-state index contributed by atoms with van der Waals surface area (Å²) >= 11 is 3.17. The average molecular weight is 227 g/mol. The van der Waals surface area contributed by atoms with Crippen LogP contribution in [-0.4, -0.2) is 20.2 Å². The molecule has 2 aromatic heterocycles.